The minimum atomic E-state index is -4.76. The van der Waals surface area contributed by atoms with Gasteiger partial charge in [0, 0.05) is 19.3 Å². The highest BCUT2D eigenvalue weighted by Crippen LogP contribution is 2.24. The minimum Gasteiger partial charge on any atom is -0.406 e. The van der Waals surface area contributed by atoms with Crippen molar-refractivity contribution < 1.29 is 27.4 Å². The van der Waals surface area contributed by atoms with Crippen molar-refractivity contribution in [3.05, 3.63) is 46.6 Å². The zero-order chi connectivity index (χ0) is 21.0. The van der Waals surface area contributed by atoms with Crippen molar-refractivity contribution in [1.82, 2.24) is 19.7 Å². The SMILES string of the molecule is C[C@H](NC(=O)Cn1ncn(C2CCOCC2)c1=O)c1ccc(OC(F)(F)F)cc1. The fourth-order valence-electron chi connectivity index (χ4n) is 3.14. The molecule has 1 amide bonds. The molecule has 1 aliphatic rings. The highest BCUT2D eigenvalue weighted by Gasteiger charge is 2.31. The van der Waals surface area contributed by atoms with Crippen molar-refractivity contribution in [2.45, 2.75) is 44.8 Å². The first-order valence-corrected chi connectivity index (χ1v) is 9.09. The lowest BCUT2D eigenvalue weighted by molar-refractivity contribution is -0.274. The number of halogens is 3. The van der Waals surface area contributed by atoms with Gasteiger partial charge in [0.2, 0.25) is 5.91 Å². The van der Waals surface area contributed by atoms with Gasteiger partial charge in [0.25, 0.3) is 0 Å². The molecule has 0 spiro atoms. The molecule has 0 bridgehead atoms. The second-order valence-corrected chi connectivity index (χ2v) is 6.73. The topological polar surface area (TPSA) is 87.4 Å². The first kappa shape index (κ1) is 20.9. The normalized spacial score (nSPS) is 16.4. The molecule has 1 fully saturated rings. The van der Waals surface area contributed by atoms with Crippen LogP contribution in [0, 0.1) is 0 Å². The molecule has 1 atom stereocenters. The largest absolute Gasteiger partial charge is 0.573 e. The minimum absolute atomic E-state index is 0.00409. The molecule has 2 heterocycles. The number of hydrogen-bond donors (Lipinski definition) is 1. The number of benzene rings is 1. The van der Waals surface area contributed by atoms with Crippen LogP contribution >= 0.6 is 0 Å². The summed E-state index contributed by atoms with van der Waals surface area (Å²) < 4.78 is 48.3. The van der Waals surface area contributed by atoms with Crippen LogP contribution in [0.15, 0.2) is 35.4 Å². The molecule has 1 saturated heterocycles. The van der Waals surface area contributed by atoms with Gasteiger partial charge in [0.1, 0.15) is 18.6 Å². The molecular formula is C18H21F3N4O4. The number of carbonyl (C=O) groups excluding carboxylic acids is 1. The zero-order valence-corrected chi connectivity index (χ0v) is 15.7. The number of nitrogens with zero attached hydrogens (tertiary/aromatic N) is 3. The van der Waals surface area contributed by atoms with E-state index in [1.807, 2.05) is 0 Å². The summed E-state index contributed by atoms with van der Waals surface area (Å²) >= 11 is 0. The maximum absolute atomic E-state index is 12.4. The van der Waals surface area contributed by atoms with Crippen molar-refractivity contribution in [2.75, 3.05) is 13.2 Å². The van der Waals surface area contributed by atoms with E-state index < -0.39 is 18.3 Å². The predicted molar refractivity (Wildman–Crippen MR) is 95.3 cm³/mol. The highest BCUT2D eigenvalue weighted by molar-refractivity contribution is 5.76. The van der Waals surface area contributed by atoms with E-state index in [1.165, 1.54) is 35.2 Å². The number of aromatic nitrogens is 3. The summed E-state index contributed by atoms with van der Waals surface area (Å²) in [5, 5.41) is 6.70. The lowest BCUT2D eigenvalue weighted by Gasteiger charge is -2.21. The molecule has 11 heteroatoms. The average Bonchev–Trinajstić information content (AvgIpc) is 3.02. The number of alkyl halides is 3. The molecule has 0 aliphatic carbocycles. The molecule has 0 saturated carbocycles. The van der Waals surface area contributed by atoms with Gasteiger partial charge in [-0.2, -0.15) is 5.10 Å². The van der Waals surface area contributed by atoms with Gasteiger partial charge < -0.3 is 14.8 Å². The standard InChI is InChI=1S/C18H21F3N4O4/c1-12(13-2-4-15(5-3-13)29-18(19,20)21)23-16(26)10-25-17(27)24(11-22-25)14-6-8-28-9-7-14/h2-5,11-12,14H,6-10H2,1H3,(H,23,26)/t12-/m0/s1. The van der Waals surface area contributed by atoms with Crippen LogP contribution in [0.3, 0.4) is 0 Å². The van der Waals surface area contributed by atoms with E-state index in [0.29, 0.717) is 31.6 Å². The molecule has 1 aromatic heterocycles. The molecule has 0 radical (unpaired) electrons. The maximum atomic E-state index is 12.4. The van der Waals surface area contributed by atoms with Gasteiger partial charge in [-0.3, -0.25) is 9.36 Å². The molecule has 0 unspecified atom stereocenters. The lowest BCUT2D eigenvalue weighted by Crippen LogP contribution is -2.36. The molecule has 1 aliphatic heterocycles. The van der Waals surface area contributed by atoms with Gasteiger partial charge in [0.05, 0.1) is 6.04 Å². The van der Waals surface area contributed by atoms with Crippen molar-refractivity contribution in [3.8, 4) is 5.75 Å². The smallest absolute Gasteiger partial charge is 0.406 e. The van der Waals surface area contributed by atoms with Gasteiger partial charge in [-0.05, 0) is 37.5 Å². The maximum Gasteiger partial charge on any atom is 0.573 e. The summed E-state index contributed by atoms with van der Waals surface area (Å²) in [6, 6.07) is 4.73. The van der Waals surface area contributed by atoms with Crippen molar-refractivity contribution >= 4 is 5.91 Å². The van der Waals surface area contributed by atoms with E-state index in [-0.39, 0.29) is 24.0 Å². The lowest BCUT2D eigenvalue weighted by atomic mass is 10.1. The van der Waals surface area contributed by atoms with E-state index in [9.17, 15) is 22.8 Å². The van der Waals surface area contributed by atoms with Gasteiger partial charge in [-0.1, -0.05) is 12.1 Å². The first-order chi connectivity index (χ1) is 13.7. The third-order valence-corrected chi connectivity index (χ3v) is 4.63. The van der Waals surface area contributed by atoms with E-state index >= 15 is 0 Å². The third-order valence-electron chi connectivity index (χ3n) is 4.63. The Balaban J connectivity index is 1.58. The zero-order valence-electron chi connectivity index (χ0n) is 15.7. The van der Waals surface area contributed by atoms with Crippen LogP contribution in [-0.4, -0.2) is 39.8 Å². The molecule has 3 rings (SSSR count). The number of rotatable bonds is 6. The quantitative estimate of drug-likeness (QED) is 0.783. The van der Waals surface area contributed by atoms with Gasteiger partial charge in [0.15, 0.2) is 0 Å². The molecular weight excluding hydrogens is 393 g/mol. The van der Waals surface area contributed by atoms with Crippen LogP contribution in [0.2, 0.25) is 0 Å². The number of amides is 1. The van der Waals surface area contributed by atoms with Crippen LogP contribution in [0.4, 0.5) is 13.2 Å². The number of hydrogen-bond acceptors (Lipinski definition) is 5. The molecule has 1 N–H and O–H groups in total. The number of carbonyl (C=O) groups is 1. The van der Waals surface area contributed by atoms with Crippen molar-refractivity contribution in [3.63, 3.8) is 0 Å². The Morgan fingerprint density at radius 2 is 1.97 bits per heavy atom. The highest BCUT2D eigenvalue weighted by atomic mass is 19.4. The summed E-state index contributed by atoms with van der Waals surface area (Å²) in [6.45, 7) is 2.58. The van der Waals surface area contributed by atoms with Crippen molar-refractivity contribution in [1.29, 1.82) is 0 Å². The Labute approximate surface area is 164 Å². The van der Waals surface area contributed by atoms with Crippen molar-refractivity contribution in [2.24, 2.45) is 0 Å². The average molecular weight is 414 g/mol. The Morgan fingerprint density at radius 3 is 2.59 bits per heavy atom. The monoisotopic (exact) mass is 414 g/mol. The van der Waals surface area contributed by atoms with E-state index in [2.05, 4.69) is 15.2 Å². The van der Waals surface area contributed by atoms with Gasteiger partial charge >= 0.3 is 12.1 Å². The molecule has 2 aromatic rings. The molecule has 158 valence electrons. The Bertz CT molecular complexity index is 886. The first-order valence-electron chi connectivity index (χ1n) is 9.09. The van der Waals surface area contributed by atoms with Crippen LogP contribution in [-0.2, 0) is 16.1 Å². The summed E-state index contributed by atoms with van der Waals surface area (Å²) in [7, 11) is 0. The Kier molecular flexibility index (Phi) is 6.26. The third kappa shape index (κ3) is 5.59. The molecule has 29 heavy (non-hydrogen) atoms. The van der Waals surface area contributed by atoms with Crippen LogP contribution in [0.25, 0.3) is 0 Å². The summed E-state index contributed by atoms with van der Waals surface area (Å²) in [5.74, 6) is -0.780. The Hall–Kier alpha value is -2.82. The number of nitrogens with one attached hydrogen (secondary N) is 1. The predicted octanol–water partition coefficient (Wildman–Crippen LogP) is 2.17. The summed E-state index contributed by atoms with van der Waals surface area (Å²) in [5.41, 5.74) is 0.223. The van der Waals surface area contributed by atoms with E-state index in [4.69, 9.17) is 4.74 Å². The second-order valence-electron chi connectivity index (χ2n) is 6.73. The van der Waals surface area contributed by atoms with Gasteiger partial charge in [-0.15, -0.1) is 13.2 Å². The fourth-order valence-corrected chi connectivity index (χ4v) is 3.14. The van der Waals surface area contributed by atoms with Crippen LogP contribution in [0.5, 0.6) is 5.75 Å². The van der Waals surface area contributed by atoms with Gasteiger partial charge in [-0.25, -0.2) is 9.48 Å². The summed E-state index contributed by atoms with van der Waals surface area (Å²) in [4.78, 5) is 24.7. The second kappa shape index (κ2) is 8.68. The number of ether oxygens (including phenoxy) is 2. The summed E-state index contributed by atoms with van der Waals surface area (Å²) in [6.07, 6.45) is -1.91. The Morgan fingerprint density at radius 1 is 1.31 bits per heavy atom. The van der Waals surface area contributed by atoms with E-state index in [0.717, 1.165) is 4.68 Å². The van der Waals surface area contributed by atoms with Crippen LogP contribution in [0.1, 0.15) is 37.4 Å². The molecule has 8 nitrogen and oxygen atoms in total. The van der Waals surface area contributed by atoms with Crippen LogP contribution < -0.4 is 15.7 Å². The molecule has 1 aromatic carbocycles. The fraction of sp³-hybridized carbons (Fsp3) is 0.500. The van der Waals surface area contributed by atoms with E-state index in [1.54, 1.807) is 6.92 Å².